The Kier molecular flexibility index (Phi) is 4.72. The third-order valence-corrected chi connectivity index (χ3v) is 6.48. The molecule has 0 amide bonds. The van der Waals surface area contributed by atoms with Crippen molar-refractivity contribution in [3.8, 4) is 5.88 Å². The lowest BCUT2D eigenvalue weighted by molar-refractivity contribution is 0.406. The zero-order valence-electron chi connectivity index (χ0n) is 16.2. The normalized spacial score (nSPS) is 15.1. The van der Waals surface area contributed by atoms with Gasteiger partial charge in [-0.2, -0.15) is 16.9 Å². The Morgan fingerprint density at radius 2 is 1.85 bits per heavy atom. The van der Waals surface area contributed by atoms with Crippen LogP contribution in [0.3, 0.4) is 0 Å². The molecule has 1 N–H and O–H groups in total. The maximum atomic E-state index is 11.0. The first kappa shape index (κ1) is 18.1. The van der Waals surface area contributed by atoms with Gasteiger partial charge < -0.3 is 9.67 Å². The number of aromatic nitrogens is 1. The minimum Gasteiger partial charge on any atom is -0.493 e. The zero-order valence-corrected chi connectivity index (χ0v) is 17.0. The summed E-state index contributed by atoms with van der Waals surface area (Å²) in [7, 11) is 0. The van der Waals surface area contributed by atoms with Gasteiger partial charge in [0.25, 0.3) is 0 Å². The Hall–Kier alpha value is -2.27. The van der Waals surface area contributed by atoms with E-state index in [4.69, 9.17) is 0 Å². The number of thioether (sulfide) groups is 1. The summed E-state index contributed by atoms with van der Waals surface area (Å²) in [5.74, 6) is 2.70. The molecule has 1 aliphatic heterocycles. The molecule has 4 nitrogen and oxygen atoms in total. The first-order valence-electron chi connectivity index (χ1n) is 9.39. The fourth-order valence-electron chi connectivity index (χ4n) is 3.52. The summed E-state index contributed by atoms with van der Waals surface area (Å²) in [5.41, 5.74) is 5.97. The largest absolute Gasteiger partial charge is 0.493 e. The van der Waals surface area contributed by atoms with Crippen LogP contribution < -0.4 is 0 Å². The quantitative estimate of drug-likeness (QED) is 0.507. The summed E-state index contributed by atoms with van der Waals surface area (Å²) < 4.78 is 2.03. The molecule has 1 saturated heterocycles. The van der Waals surface area contributed by atoms with Crippen LogP contribution in [0.4, 0.5) is 11.4 Å². The van der Waals surface area contributed by atoms with Crippen molar-refractivity contribution >= 4 is 34.0 Å². The molecule has 0 aliphatic carbocycles. The number of rotatable bonds is 4. The van der Waals surface area contributed by atoms with Crippen LogP contribution in [0.25, 0.3) is 10.9 Å². The Bertz CT molecular complexity index is 1030. The van der Waals surface area contributed by atoms with Gasteiger partial charge in [0.1, 0.15) is 0 Å². The lowest BCUT2D eigenvalue weighted by Gasteiger charge is -2.27. The topological polar surface area (TPSA) is 49.9 Å². The second-order valence-corrected chi connectivity index (χ2v) is 8.73. The third kappa shape index (κ3) is 3.25. The van der Waals surface area contributed by atoms with Gasteiger partial charge in [-0.05, 0) is 49.1 Å². The average molecular weight is 380 g/mol. The third-order valence-electron chi connectivity index (χ3n) is 5.24. The van der Waals surface area contributed by atoms with Gasteiger partial charge in [-0.25, -0.2) is 0 Å². The van der Waals surface area contributed by atoms with Crippen LogP contribution in [0.15, 0.2) is 46.6 Å². The zero-order chi connectivity index (χ0) is 19.1. The number of hydrogen-bond acceptors (Lipinski definition) is 4. The Morgan fingerprint density at radius 3 is 2.48 bits per heavy atom. The van der Waals surface area contributed by atoms with E-state index in [2.05, 4.69) is 55.3 Å². The number of benzene rings is 2. The van der Waals surface area contributed by atoms with E-state index < -0.39 is 0 Å². The molecular formula is C22H25N3OS. The van der Waals surface area contributed by atoms with E-state index in [0.29, 0.717) is 17.6 Å². The van der Waals surface area contributed by atoms with Crippen LogP contribution in [0, 0.1) is 13.8 Å². The van der Waals surface area contributed by atoms with Gasteiger partial charge in [-0.15, -0.1) is 5.11 Å². The predicted molar refractivity (Wildman–Crippen MR) is 114 cm³/mol. The van der Waals surface area contributed by atoms with Crippen LogP contribution in [-0.4, -0.2) is 21.2 Å². The number of azo groups is 1. The molecule has 3 aromatic rings. The molecule has 0 bridgehead atoms. The molecule has 1 fully saturated rings. The van der Waals surface area contributed by atoms with Gasteiger partial charge in [0.05, 0.1) is 17.2 Å². The van der Waals surface area contributed by atoms with Gasteiger partial charge in [0, 0.05) is 16.9 Å². The molecule has 0 unspecified atom stereocenters. The number of aryl methyl sites for hydroxylation is 2. The monoisotopic (exact) mass is 379 g/mol. The molecule has 5 heteroatoms. The number of nitrogens with zero attached hydrogens (tertiary/aromatic N) is 3. The van der Waals surface area contributed by atoms with Crippen LogP contribution in [-0.2, 0) is 0 Å². The van der Waals surface area contributed by atoms with E-state index >= 15 is 0 Å². The first-order chi connectivity index (χ1) is 13.0. The van der Waals surface area contributed by atoms with Crippen molar-refractivity contribution in [3.05, 3.63) is 53.1 Å². The molecule has 1 aromatic heterocycles. The summed E-state index contributed by atoms with van der Waals surface area (Å²) in [5, 5.41) is 20.9. The highest BCUT2D eigenvalue weighted by molar-refractivity contribution is 8.00. The van der Waals surface area contributed by atoms with Gasteiger partial charge in [-0.1, -0.05) is 37.6 Å². The summed E-state index contributed by atoms with van der Waals surface area (Å²) in [6, 6.07) is 12.9. The molecular weight excluding hydrogens is 354 g/mol. The Labute approximate surface area is 164 Å². The van der Waals surface area contributed by atoms with Crippen molar-refractivity contribution < 1.29 is 5.11 Å². The highest BCUT2D eigenvalue weighted by atomic mass is 32.2. The second-order valence-electron chi connectivity index (χ2n) is 7.65. The molecule has 140 valence electrons. The molecule has 0 radical (unpaired) electrons. The molecule has 2 aromatic carbocycles. The number of hydrogen-bond donors (Lipinski definition) is 1. The number of aromatic hydroxyl groups is 1. The van der Waals surface area contributed by atoms with E-state index in [-0.39, 0.29) is 5.88 Å². The van der Waals surface area contributed by atoms with Gasteiger partial charge in [-0.3, -0.25) is 0 Å². The van der Waals surface area contributed by atoms with Gasteiger partial charge >= 0.3 is 0 Å². The van der Waals surface area contributed by atoms with Crippen LogP contribution in [0.1, 0.15) is 42.5 Å². The first-order valence-corrected chi connectivity index (χ1v) is 10.5. The molecule has 0 spiro atoms. The summed E-state index contributed by atoms with van der Waals surface area (Å²) >= 11 is 1.90. The lowest BCUT2D eigenvalue weighted by Crippen LogP contribution is -2.22. The van der Waals surface area contributed by atoms with Crippen molar-refractivity contribution in [1.29, 1.82) is 0 Å². The van der Waals surface area contributed by atoms with Gasteiger partial charge in [0.2, 0.25) is 5.88 Å². The Morgan fingerprint density at radius 1 is 1.07 bits per heavy atom. The molecule has 27 heavy (non-hydrogen) atoms. The van der Waals surface area contributed by atoms with Crippen molar-refractivity contribution in [1.82, 2.24) is 4.57 Å². The SMILES string of the molecule is Cc1ccc(N=Nc2c(O)n(C3CSC3)c3ccc(C(C)C)cc23)c(C)c1. The molecule has 1 aliphatic rings. The van der Waals surface area contributed by atoms with E-state index in [9.17, 15) is 5.11 Å². The van der Waals surface area contributed by atoms with Crippen LogP contribution >= 0.6 is 11.8 Å². The minimum atomic E-state index is 0.227. The molecule has 0 atom stereocenters. The summed E-state index contributed by atoms with van der Waals surface area (Å²) in [6.45, 7) is 8.46. The maximum absolute atomic E-state index is 11.0. The van der Waals surface area contributed by atoms with Crippen molar-refractivity contribution in [2.75, 3.05) is 11.5 Å². The maximum Gasteiger partial charge on any atom is 0.221 e. The Balaban J connectivity index is 1.86. The average Bonchev–Trinajstić information content (AvgIpc) is 2.84. The molecule has 2 heterocycles. The van der Waals surface area contributed by atoms with Gasteiger partial charge in [0.15, 0.2) is 5.69 Å². The second kappa shape index (κ2) is 7.04. The molecule has 0 saturated carbocycles. The summed E-state index contributed by atoms with van der Waals surface area (Å²) in [6.07, 6.45) is 0. The predicted octanol–water partition coefficient (Wildman–Crippen LogP) is 6.79. The lowest BCUT2D eigenvalue weighted by atomic mass is 10.0. The van der Waals surface area contributed by atoms with Crippen molar-refractivity contribution in [2.45, 2.75) is 39.7 Å². The van der Waals surface area contributed by atoms with E-state index in [1.807, 2.05) is 35.4 Å². The van der Waals surface area contributed by atoms with Crippen molar-refractivity contribution in [2.24, 2.45) is 10.2 Å². The number of fused-ring (bicyclic) bond motifs is 1. The van der Waals surface area contributed by atoms with Crippen molar-refractivity contribution in [3.63, 3.8) is 0 Å². The van der Waals surface area contributed by atoms with E-state index in [1.165, 1.54) is 11.1 Å². The minimum absolute atomic E-state index is 0.227. The van der Waals surface area contributed by atoms with E-state index in [1.54, 1.807) is 0 Å². The highest BCUT2D eigenvalue weighted by Gasteiger charge is 2.27. The van der Waals surface area contributed by atoms with Crippen LogP contribution in [0.5, 0.6) is 5.88 Å². The molecule has 4 rings (SSSR count). The van der Waals surface area contributed by atoms with Crippen LogP contribution in [0.2, 0.25) is 0 Å². The standard InChI is InChI=1S/C22H25N3OS/c1-13(2)16-6-8-20-18(10-16)21(22(26)25(20)17-11-27-12-17)24-23-19-7-5-14(3)9-15(19)4/h5-10,13,17,26H,11-12H2,1-4H3. The fourth-order valence-corrected chi connectivity index (χ4v) is 4.27. The fraction of sp³-hybridized carbons (Fsp3) is 0.364. The smallest absolute Gasteiger partial charge is 0.221 e. The van der Waals surface area contributed by atoms with E-state index in [0.717, 1.165) is 33.7 Å². The summed E-state index contributed by atoms with van der Waals surface area (Å²) in [4.78, 5) is 0. The highest BCUT2D eigenvalue weighted by Crippen LogP contribution is 2.45.